The van der Waals surface area contributed by atoms with Gasteiger partial charge in [0.15, 0.2) is 11.5 Å². The smallest absolute Gasteiger partial charge is 0.159 e. The summed E-state index contributed by atoms with van der Waals surface area (Å²) in [5, 5.41) is 4.88. The first kappa shape index (κ1) is 38.8. The fraction of sp³-hybridized carbons (Fsp3) is 0.267. The molecule has 0 spiro atoms. The molecule has 0 fully saturated rings. The summed E-state index contributed by atoms with van der Waals surface area (Å²) in [5.41, 5.74) is 17.0. The van der Waals surface area contributed by atoms with Crippen molar-refractivity contribution in [3.63, 3.8) is 0 Å². The standard InChI is InChI=1S/C60H57NO/c1-5-7-9-17-35-60(36-18-10-8-6-2)51-24-16-15-23-47(51)48-37-42(26-30-52(48)60)43-28-33-54-56(38-43)62-58-46-22-14-12-20-41(46)27-34-55(58)61(54)44-29-32-50-49(39-44)57-45-21-13-11-19-40(45)25-31-53(57)59(50,3)4/h11-16,19-34,37-39H,5-10,17-18,35-36H2,1-4H3. The summed E-state index contributed by atoms with van der Waals surface area (Å²) >= 11 is 0. The Morgan fingerprint density at radius 3 is 1.87 bits per heavy atom. The third-order valence-electron chi connectivity index (χ3n) is 14.8. The molecule has 8 aromatic carbocycles. The first-order valence-corrected chi connectivity index (χ1v) is 23.5. The van der Waals surface area contributed by atoms with E-state index in [-0.39, 0.29) is 10.8 Å². The maximum absolute atomic E-state index is 7.11. The third-order valence-corrected chi connectivity index (χ3v) is 14.8. The van der Waals surface area contributed by atoms with E-state index in [1.54, 1.807) is 5.56 Å². The summed E-state index contributed by atoms with van der Waals surface area (Å²) < 4.78 is 7.11. The third kappa shape index (κ3) is 6.04. The normalized spacial score (nSPS) is 14.8. The number of anilines is 3. The molecule has 0 unspecified atom stereocenters. The highest BCUT2D eigenvalue weighted by Gasteiger charge is 2.42. The summed E-state index contributed by atoms with van der Waals surface area (Å²) in [7, 11) is 0. The van der Waals surface area contributed by atoms with Gasteiger partial charge in [-0.1, -0.05) is 194 Å². The number of rotatable bonds is 12. The highest BCUT2D eigenvalue weighted by molar-refractivity contribution is 6.05. The van der Waals surface area contributed by atoms with Crippen molar-refractivity contribution in [3.05, 3.63) is 174 Å². The minimum atomic E-state index is -0.0979. The molecule has 11 rings (SSSR count). The minimum Gasteiger partial charge on any atom is -0.452 e. The maximum Gasteiger partial charge on any atom is 0.159 e. The average Bonchev–Trinajstić information content (AvgIpc) is 3.72. The van der Waals surface area contributed by atoms with Crippen LogP contribution < -0.4 is 9.64 Å². The first-order chi connectivity index (χ1) is 30.4. The lowest BCUT2D eigenvalue weighted by atomic mass is 9.70. The fourth-order valence-electron chi connectivity index (χ4n) is 11.7. The topological polar surface area (TPSA) is 12.5 Å². The van der Waals surface area contributed by atoms with Crippen molar-refractivity contribution < 1.29 is 4.74 Å². The van der Waals surface area contributed by atoms with Crippen LogP contribution in [0.3, 0.4) is 0 Å². The van der Waals surface area contributed by atoms with Gasteiger partial charge in [0, 0.05) is 21.9 Å². The van der Waals surface area contributed by atoms with E-state index in [4.69, 9.17) is 4.74 Å². The molecule has 0 N–H and O–H groups in total. The van der Waals surface area contributed by atoms with Gasteiger partial charge in [0.05, 0.1) is 11.4 Å². The van der Waals surface area contributed by atoms with Crippen LogP contribution in [0, 0.1) is 0 Å². The Morgan fingerprint density at radius 2 is 1.08 bits per heavy atom. The van der Waals surface area contributed by atoms with Crippen molar-refractivity contribution in [3.8, 4) is 44.9 Å². The van der Waals surface area contributed by atoms with Crippen molar-refractivity contribution in [2.45, 2.75) is 103 Å². The highest BCUT2D eigenvalue weighted by Crippen LogP contribution is 2.58. The quantitative estimate of drug-likeness (QED) is 0.114. The Kier molecular flexibility index (Phi) is 9.60. The maximum atomic E-state index is 7.11. The van der Waals surface area contributed by atoms with Gasteiger partial charge in [0.1, 0.15) is 0 Å². The van der Waals surface area contributed by atoms with Crippen LogP contribution in [-0.4, -0.2) is 0 Å². The number of benzene rings is 8. The lowest BCUT2D eigenvalue weighted by molar-refractivity contribution is 0.401. The van der Waals surface area contributed by atoms with Gasteiger partial charge in [-0.3, -0.25) is 0 Å². The van der Waals surface area contributed by atoms with Gasteiger partial charge < -0.3 is 9.64 Å². The summed E-state index contributed by atoms with van der Waals surface area (Å²) in [6.07, 6.45) is 12.8. The molecule has 0 radical (unpaired) electrons. The van der Waals surface area contributed by atoms with Crippen LogP contribution in [0.2, 0.25) is 0 Å². The molecular weight excluding hydrogens is 751 g/mol. The molecule has 308 valence electrons. The van der Waals surface area contributed by atoms with Crippen molar-refractivity contribution in [1.29, 1.82) is 0 Å². The summed E-state index contributed by atoms with van der Waals surface area (Å²) in [5.74, 6) is 1.78. The van der Waals surface area contributed by atoms with Crippen molar-refractivity contribution >= 4 is 38.6 Å². The van der Waals surface area contributed by atoms with E-state index in [0.717, 1.165) is 33.9 Å². The molecule has 3 aliphatic rings. The Hall–Kier alpha value is -6.12. The number of hydrogen-bond donors (Lipinski definition) is 0. The van der Waals surface area contributed by atoms with E-state index in [1.165, 1.54) is 130 Å². The van der Waals surface area contributed by atoms with Gasteiger partial charge in [-0.2, -0.15) is 0 Å². The molecule has 2 heteroatoms. The zero-order valence-electron chi connectivity index (χ0n) is 36.9. The van der Waals surface area contributed by atoms with Crippen LogP contribution in [0.1, 0.15) is 114 Å². The van der Waals surface area contributed by atoms with E-state index in [9.17, 15) is 0 Å². The van der Waals surface area contributed by atoms with Crippen molar-refractivity contribution in [2.24, 2.45) is 0 Å². The predicted molar refractivity (Wildman–Crippen MR) is 263 cm³/mol. The molecule has 0 bridgehead atoms. The van der Waals surface area contributed by atoms with Crippen molar-refractivity contribution in [2.75, 3.05) is 4.90 Å². The average molecular weight is 808 g/mol. The van der Waals surface area contributed by atoms with E-state index in [1.807, 2.05) is 0 Å². The number of fused-ring (bicyclic) bond motifs is 12. The molecule has 0 saturated heterocycles. The van der Waals surface area contributed by atoms with Crippen LogP contribution in [0.4, 0.5) is 17.1 Å². The zero-order chi connectivity index (χ0) is 42.0. The first-order valence-electron chi connectivity index (χ1n) is 23.5. The summed E-state index contributed by atoms with van der Waals surface area (Å²) in [4.78, 5) is 2.44. The second kappa shape index (κ2) is 15.3. The van der Waals surface area contributed by atoms with Gasteiger partial charge in [0.25, 0.3) is 0 Å². The lowest BCUT2D eigenvalue weighted by Gasteiger charge is -2.34. The van der Waals surface area contributed by atoms with Crippen LogP contribution in [0.25, 0.3) is 54.9 Å². The van der Waals surface area contributed by atoms with Crippen molar-refractivity contribution in [1.82, 2.24) is 0 Å². The predicted octanol–water partition coefficient (Wildman–Crippen LogP) is 17.7. The van der Waals surface area contributed by atoms with E-state index >= 15 is 0 Å². The largest absolute Gasteiger partial charge is 0.452 e. The Bertz CT molecular complexity index is 3010. The monoisotopic (exact) mass is 807 g/mol. The molecule has 1 heterocycles. The molecule has 2 nitrogen and oxygen atoms in total. The Labute approximate surface area is 368 Å². The van der Waals surface area contributed by atoms with Gasteiger partial charge in [-0.25, -0.2) is 0 Å². The van der Waals surface area contributed by atoms with Crippen LogP contribution >= 0.6 is 0 Å². The molecule has 0 aromatic heterocycles. The van der Waals surface area contributed by atoms with Gasteiger partial charge in [-0.05, 0) is 121 Å². The molecule has 1 aliphatic heterocycles. The van der Waals surface area contributed by atoms with Gasteiger partial charge in [-0.15, -0.1) is 0 Å². The molecule has 0 atom stereocenters. The van der Waals surface area contributed by atoms with Gasteiger partial charge in [0.2, 0.25) is 0 Å². The van der Waals surface area contributed by atoms with Gasteiger partial charge >= 0.3 is 0 Å². The number of unbranched alkanes of at least 4 members (excludes halogenated alkanes) is 6. The molecule has 2 aliphatic carbocycles. The molecule has 8 aromatic rings. The summed E-state index contributed by atoms with van der Waals surface area (Å²) in [6.45, 7) is 9.39. The van der Waals surface area contributed by atoms with E-state index in [0.29, 0.717) is 0 Å². The summed E-state index contributed by atoms with van der Waals surface area (Å²) in [6, 6.07) is 57.3. The van der Waals surface area contributed by atoms with Crippen LogP contribution in [-0.2, 0) is 10.8 Å². The lowest BCUT2D eigenvalue weighted by Crippen LogP contribution is -2.25. The van der Waals surface area contributed by atoms with Crippen LogP contribution in [0.15, 0.2) is 152 Å². The number of hydrogen-bond acceptors (Lipinski definition) is 2. The SMILES string of the molecule is CCCCCCC1(CCCCCC)c2ccccc2-c2cc(-c3ccc4c(c3)Oc3c(ccc5ccccc35)N4c3ccc4c(c3)-c3c(ccc5ccccc35)C4(C)C)ccc21. The van der Waals surface area contributed by atoms with Crippen LogP contribution in [0.5, 0.6) is 11.5 Å². The molecule has 62 heavy (non-hydrogen) atoms. The fourth-order valence-corrected chi connectivity index (χ4v) is 11.7. The Morgan fingerprint density at radius 1 is 0.468 bits per heavy atom. The molecular formula is C60H57NO. The Balaban J connectivity index is 1.04. The molecule has 0 amide bonds. The second-order valence-corrected chi connectivity index (χ2v) is 18.8. The zero-order valence-corrected chi connectivity index (χ0v) is 36.9. The molecule has 0 saturated carbocycles. The second-order valence-electron chi connectivity index (χ2n) is 18.8. The number of nitrogens with zero attached hydrogens (tertiary/aromatic N) is 1. The van der Waals surface area contributed by atoms with E-state index < -0.39 is 0 Å². The van der Waals surface area contributed by atoms with E-state index in [2.05, 4.69) is 184 Å². The number of ether oxygens (including phenoxy) is 1. The minimum absolute atomic E-state index is 0.0774. The highest BCUT2D eigenvalue weighted by atomic mass is 16.5.